The van der Waals surface area contributed by atoms with Crippen molar-refractivity contribution in [3.63, 3.8) is 0 Å². The number of hydrogen-bond acceptors (Lipinski definition) is 3. The SMILES string of the molecule is Cc1ccccc1C(NC(=O)c1ccc(CN(c2c(C)cccc2C)S(C)(=O)=O)cc1)c1ccccc1. The molecule has 4 aromatic carbocycles. The van der Waals surface area contributed by atoms with Gasteiger partial charge in [0.2, 0.25) is 10.0 Å². The maximum atomic E-state index is 13.3. The number of carbonyl (C=O) groups excluding carboxylic acids is 1. The molecule has 0 aliphatic heterocycles. The van der Waals surface area contributed by atoms with Gasteiger partial charge in [0, 0.05) is 5.56 Å². The lowest BCUT2D eigenvalue weighted by Crippen LogP contribution is -2.31. The number of carbonyl (C=O) groups is 1. The van der Waals surface area contributed by atoms with Crippen LogP contribution in [0.4, 0.5) is 5.69 Å². The highest BCUT2D eigenvalue weighted by atomic mass is 32.2. The van der Waals surface area contributed by atoms with Gasteiger partial charge in [0.15, 0.2) is 0 Å². The zero-order valence-corrected chi connectivity index (χ0v) is 22.4. The molecule has 1 N–H and O–H groups in total. The third-order valence-corrected chi connectivity index (χ3v) is 7.65. The fourth-order valence-corrected chi connectivity index (χ4v) is 5.60. The Bertz CT molecular complexity index is 1480. The molecule has 0 aliphatic carbocycles. The molecular weight excluding hydrogens is 480 g/mol. The predicted octanol–water partition coefficient (Wildman–Crippen LogP) is 6.10. The van der Waals surface area contributed by atoms with Crippen molar-refractivity contribution in [2.75, 3.05) is 10.6 Å². The number of anilines is 1. The zero-order chi connectivity index (χ0) is 26.6. The highest BCUT2D eigenvalue weighted by molar-refractivity contribution is 7.92. The van der Waals surface area contributed by atoms with E-state index < -0.39 is 10.0 Å². The Morgan fingerprint density at radius 1 is 0.757 bits per heavy atom. The highest BCUT2D eigenvalue weighted by Crippen LogP contribution is 2.29. The Labute approximate surface area is 219 Å². The molecule has 1 amide bonds. The van der Waals surface area contributed by atoms with Crippen LogP contribution in [-0.4, -0.2) is 20.6 Å². The van der Waals surface area contributed by atoms with E-state index in [1.54, 1.807) is 12.1 Å². The van der Waals surface area contributed by atoms with E-state index in [0.29, 0.717) is 11.3 Å². The molecule has 37 heavy (non-hydrogen) atoms. The Morgan fingerprint density at radius 3 is 1.92 bits per heavy atom. The minimum atomic E-state index is -3.51. The largest absolute Gasteiger partial charge is 0.341 e. The van der Waals surface area contributed by atoms with Crippen molar-refractivity contribution in [1.82, 2.24) is 5.32 Å². The summed E-state index contributed by atoms with van der Waals surface area (Å²) in [5.41, 5.74) is 6.92. The summed E-state index contributed by atoms with van der Waals surface area (Å²) < 4.78 is 26.8. The molecule has 190 valence electrons. The second kappa shape index (κ2) is 11.0. The van der Waals surface area contributed by atoms with Crippen LogP contribution in [0.25, 0.3) is 0 Å². The number of nitrogens with one attached hydrogen (secondary N) is 1. The fraction of sp³-hybridized carbons (Fsp3) is 0.194. The average Bonchev–Trinajstić information content (AvgIpc) is 2.87. The lowest BCUT2D eigenvalue weighted by atomic mass is 9.94. The van der Waals surface area contributed by atoms with Gasteiger partial charge in [-0.3, -0.25) is 9.10 Å². The third kappa shape index (κ3) is 6.09. The number of benzene rings is 4. The lowest BCUT2D eigenvalue weighted by Gasteiger charge is -2.26. The van der Waals surface area contributed by atoms with Crippen molar-refractivity contribution in [2.24, 2.45) is 0 Å². The standard InChI is InChI=1S/C31H32N2O3S/c1-22-11-8-9-16-28(22)29(26-14-6-5-7-15-26)32-31(34)27-19-17-25(18-20-27)21-33(37(4,35)36)30-23(2)12-10-13-24(30)3/h5-20,29H,21H2,1-4H3,(H,32,34). The minimum Gasteiger partial charge on any atom is -0.341 e. The van der Waals surface area contributed by atoms with E-state index in [1.807, 2.05) is 106 Å². The number of rotatable bonds is 8. The first-order chi connectivity index (χ1) is 17.6. The summed E-state index contributed by atoms with van der Waals surface area (Å²) in [5.74, 6) is -0.196. The molecule has 0 saturated carbocycles. The average molecular weight is 513 g/mol. The molecule has 0 bridgehead atoms. The molecular formula is C31H32N2O3S. The third-order valence-electron chi connectivity index (χ3n) is 6.54. The number of aryl methyl sites for hydroxylation is 3. The van der Waals surface area contributed by atoms with Crippen molar-refractivity contribution in [3.05, 3.63) is 136 Å². The summed E-state index contributed by atoms with van der Waals surface area (Å²) in [7, 11) is -3.51. The molecule has 0 aliphatic rings. The van der Waals surface area contributed by atoms with Crippen LogP contribution >= 0.6 is 0 Å². The number of amides is 1. The van der Waals surface area contributed by atoms with Crippen molar-refractivity contribution >= 4 is 21.6 Å². The quantitative estimate of drug-likeness (QED) is 0.310. The molecule has 1 unspecified atom stereocenters. The predicted molar refractivity (Wildman–Crippen MR) is 150 cm³/mol. The second-order valence-electron chi connectivity index (χ2n) is 9.38. The van der Waals surface area contributed by atoms with Crippen molar-refractivity contribution in [2.45, 2.75) is 33.4 Å². The van der Waals surface area contributed by atoms with Crippen molar-refractivity contribution in [3.8, 4) is 0 Å². The molecule has 5 nitrogen and oxygen atoms in total. The first kappa shape index (κ1) is 26.2. The molecule has 0 saturated heterocycles. The smallest absolute Gasteiger partial charge is 0.252 e. The number of sulfonamides is 1. The highest BCUT2D eigenvalue weighted by Gasteiger charge is 2.22. The first-order valence-corrected chi connectivity index (χ1v) is 14.0. The molecule has 4 rings (SSSR count). The van der Waals surface area contributed by atoms with Crippen LogP contribution in [-0.2, 0) is 16.6 Å². The van der Waals surface area contributed by atoms with Crippen LogP contribution in [0.15, 0.2) is 97.1 Å². The van der Waals surface area contributed by atoms with Crippen LogP contribution in [0.5, 0.6) is 0 Å². The van der Waals surface area contributed by atoms with Crippen molar-refractivity contribution < 1.29 is 13.2 Å². The molecule has 0 heterocycles. The van der Waals surface area contributed by atoms with Gasteiger partial charge in [-0.05, 0) is 66.3 Å². The second-order valence-corrected chi connectivity index (χ2v) is 11.3. The van der Waals surface area contributed by atoms with Gasteiger partial charge in [-0.25, -0.2) is 8.42 Å². The fourth-order valence-electron chi connectivity index (χ4n) is 4.60. The lowest BCUT2D eigenvalue weighted by molar-refractivity contribution is 0.0943. The Hall–Kier alpha value is -3.90. The van der Waals surface area contributed by atoms with Gasteiger partial charge in [0.25, 0.3) is 5.91 Å². The molecule has 4 aromatic rings. The van der Waals surface area contributed by atoms with E-state index in [9.17, 15) is 13.2 Å². The molecule has 6 heteroatoms. The monoisotopic (exact) mass is 512 g/mol. The van der Waals surface area contributed by atoms with E-state index >= 15 is 0 Å². The summed E-state index contributed by atoms with van der Waals surface area (Å²) in [6, 6.07) is 30.5. The Kier molecular flexibility index (Phi) is 7.79. The first-order valence-electron chi connectivity index (χ1n) is 12.2. The maximum absolute atomic E-state index is 13.3. The van der Waals surface area contributed by atoms with Crippen LogP contribution < -0.4 is 9.62 Å². The summed E-state index contributed by atoms with van der Waals surface area (Å²) >= 11 is 0. The van der Waals surface area contributed by atoms with E-state index in [2.05, 4.69) is 5.32 Å². The Balaban J connectivity index is 1.58. The molecule has 1 atom stereocenters. The normalized spacial score (nSPS) is 12.1. The number of nitrogens with zero attached hydrogens (tertiary/aromatic N) is 1. The van der Waals surface area contributed by atoms with E-state index in [1.165, 1.54) is 10.6 Å². The topological polar surface area (TPSA) is 66.5 Å². The van der Waals surface area contributed by atoms with E-state index in [0.717, 1.165) is 33.4 Å². The minimum absolute atomic E-state index is 0.183. The molecule has 0 radical (unpaired) electrons. The summed E-state index contributed by atoms with van der Waals surface area (Å²) in [4.78, 5) is 13.3. The molecule has 0 fully saturated rings. The number of para-hydroxylation sites is 1. The van der Waals surface area contributed by atoms with Gasteiger partial charge in [-0.1, -0.05) is 84.9 Å². The van der Waals surface area contributed by atoms with E-state index in [4.69, 9.17) is 0 Å². The van der Waals surface area contributed by atoms with Crippen LogP contribution in [0.3, 0.4) is 0 Å². The van der Waals surface area contributed by atoms with Crippen molar-refractivity contribution in [1.29, 1.82) is 0 Å². The summed E-state index contributed by atoms with van der Waals surface area (Å²) in [6.45, 7) is 6.04. The molecule has 0 spiro atoms. The summed E-state index contributed by atoms with van der Waals surface area (Å²) in [5, 5.41) is 3.19. The van der Waals surface area contributed by atoms with Crippen LogP contribution in [0.1, 0.15) is 49.8 Å². The van der Waals surface area contributed by atoms with Crippen LogP contribution in [0.2, 0.25) is 0 Å². The van der Waals surface area contributed by atoms with Gasteiger partial charge in [-0.15, -0.1) is 0 Å². The van der Waals surface area contributed by atoms with Gasteiger partial charge in [0.05, 0.1) is 24.5 Å². The van der Waals surface area contributed by atoms with Gasteiger partial charge in [0.1, 0.15) is 0 Å². The Morgan fingerprint density at radius 2 is 1.32 bits per heavy atom. The van der Waals surface area contributed by atoms with E-state index in [-0.39, 0.29) is 18.5 Å². The molecule has 0 aromatic heterocycles. The van der Waals surface area contributed by atoms with Gasteiger partial charge < -0.3 is 5.32 Å². The maximum Gasteiger partial charge on any atom is 0.252 e. The van der Waals surface area contributed by atoms with Gasteiger partial charge in [-0.2, -0.15) is 0 Å². The van der Waals surface area contributed by atoms with Crippen LogP contribution in [0, 0.1) is 20.8 Å². The number of hydrogen-bond donors (Lipinski definition) is 1. The summed E-state index contributed by atoms with van der Waals surface area (Å²) in [6.07, 6.45) is 1.22. The van der Waals surface area contributed by atoms with Gasteiger partial charge >= 0.3 is 0 Å². The zero-order valence-electron chi connectivity index (χ0n) is 21.6.